The fourth-order valence-electron chi connectivity index (χ4n) is 1.16. The van der Waals surface area contributed by atoms with Crippen LogP contribution in [0.5, 0.6) is 0 Å². The number of anilines is 1. The van der Waals surface area contributed by atoms with E-state index in [1.54, 1.807) is 0 Å². The Hall–Kier alpha value is -1.84. The molecule has 0 atom stereocenters. The van der Waals surface area contributed by atoms with Gasteiger partial charge >= 0.3 is 0 Å². The van der Waals surface area contributed by atoms with Gasteiger partial charge in [0.25, 0.3) is 0 Å². The second-order valence-corrected chi connectivity index (χ2v) is 3.15. The highest BCUT2D eigenvalue weighted by Gasteiger charge is 2.08. The fourth-order valence-corrected chi connectivity index (χ4v) is 1.16. The van der Waals surface area contributed by atoms with Crippen LogP contribution in [0.1, 0.15) is 29.3 Å². The molecule has 4 N–H and O–H groups in total. The van der Waals surface area contributed by atoms with E-state index in [2.05, 4.69) is 0 Å². The summed E-state index contributed by atoms with van der Waals surface area (Å²) < 4.78 is 13.4. The third kappa shape index (κ3) is 2.34. The number of halogens is 1. The SMILES string of the molecule is CC/C(N)=C/c1c(F)ccc(C=O)c1N. The maximum Gasteiger partial charge on any atom is 0.152 e. The van der Waals surface area contributed by atoms with Crippen molar-refractivity contribution in [3.8, 4) is 0 Å². The van der Waals surface area contributed by atoms with Crippen LogP contribution in [0.25, 0.3) is 6.08 Å². The molecule has 0 saturated heterocycles. The lowest BCUT2D eigenvalue weighted by molar-refractivity contribution is 0.112. The van der Waals surface area contributed by atoms with Gasteiger partial charge in [-0.05, 0) is 24.6 Å². The molecule has 0 aliphatic rings. The zero-order chi connectivity index (χ0) is 11.4. The van der Waals surface area contributed by atoms with Crippen LogP contribution in [0, 0.1) is 5.82 Å². The molecule has 1 aromatic rings. The van der Waals surface area contributed by atoms with E-state index in [1.165, 1.54) is 18.2 Å². The van der Waals surface area contributed by atoms with Gasteiger partial charge in [0.15, 0.2) is 6.29 Å². The van der Waals surface area contributed by atoms with E-state index in [4.69, 9.17) is 11.5 Å². The van der Waals surface area contributed by atoms with Gasteiger partial charge in [-0.25, -0.2) is 4.39 Å². The summed E-state index contributed by atoms with van der Waals surface area (Å²) >= 11 is 0. The predicted molar refractivity (Wildman–Crippen MR) is 58.7 cm³/mol. The van der Waals surface area contributed by atoms with Crippen molar-refractivity contribution in [2.45, 2.75) is 13.3 Å². The van der Waals surface area contributed by atoms with Crippen LogP contribution in [-0.2, 0) is 0 Å². The first-order valence-corrected chi connectivity index (χ1v) is 4.59. The molecule has 15 heavy (non-hydrogen) atoms. The molecule has 0 saturated carbocycles. The molecule has 0 aromatic heterocycles. The molecule has 1 rings (SSSR count). The van der Waals surface area contributed by atoms with Gasteiger partial charge in [0.05, 0.1) is 5.69 Å². The molecule has 0 spiro atoms. The molecule has 0 fully saturated rings. The van der Waals surface area contributed by atoms with Crippen LogP contribution in [0.2, 0.25) is 0 Å². The Morgan fingerprint density at radius 1 is 1.53 bits per heavy atom. The second kappa shape index (κ2) is 4.59. The Morgan fingerprint density at radius 2 is 2.20 bits per heavy atom. The van der Waals surface area contributed by atoms with E-state index in [0.29, 0.717) is 18.4 Å². The molecule has 80 valence electrons. The summed E-state index contributed by atoms with van der Waals surface area (Å²) in [5.74, 6) is -0.477. The third-order valence-corrected chi connectivity index (χ3v) is 2.13. The van der Waals surface area contributed by atoms with Crippen molar-refractivity contribution in [2.75, 3.05) is 5.73 Å². The lowest BCUT2D eigenvalue weighted by Crippen LogP contribution is -2.01. The summed E-state index contributed by atoms with van der Waals surface area (Å²) in [6.45, 7) is 1.85. The normalized spacial score (nSPS) is 11.5. The van der Waals surface area contributed by atoms with Gasteiger partial charge < -0.3 is 11.5 Å². The molecule has 0 heterocycles. The van der Waals surface area contributed by atoms with Crippen LogP contribution in [0.3, 0.4) is 0 Å². The lowest BCUT2D eigenvalue weighted by atomic mass is 10.1. The molecular formula is C11H13FN2O. The number of aldehydes is 1. The van der Waals surface area contributed by atoms with Crippen LogP contribution < -0.4 is 11.5 Å². The second-order valence-electron chi connectivity index (χ2n) is 3.15. The summed E-state index contributed by atoms with van der Waals surface area (Å²) in [5, 5.41) is 0. The van der Waals surface area contributed by atoms with E-state index in [-0.39, 0.29) is 16.8 Å². The minimum absolute atomic E-state index is 0.126. The number of benzene rings is 1. The summed E-state index contributed by atoms with van der Waals surface area (Å²) in [6.07, 6.45) is 2.65. The number of allylic oxidation sites excluding steroid dienone is 1. The molecule has 0 aliphatic carbocycles. The van der Waals surface area contributed by atoms with Gasteiger partial charge in [-0.3, -0.25) is 4.79 Å². The number of rotatable bonds is 3. The maximum atomic E-state index is 13.4. The van der Waals surface area contributed by atoms with Crippen LogP contribution in [0.15, 0.2) is 17.8 Å². The Morgan fingerprint density at radius 3 is 2.73 bits per heavy atom. The van der Waals surface area contributed by atoms with Gasteiger partial charge in [-0.1, -0.05) is 6.92 Å². The molecule has 4 heteroatoms. The van der Waals surface area contributed by atoms with Gasteiger partial charge in [-0.2, -0.15) is 0 Å². The van der Waals surface area contributed by atoms with Gasteiger partial charge in [-0.15, -0.1) is 0 Å². The summed E-state index contributed by atoms with van der Waals surface area (Å²) in [4.78, 5) is 10.6. The monoisotopic (exact) mass is 208 g/mol. The number of carbonyl (C=O) groups excluding carboxylic acids is 1. The van der Waals surface area contributed by atoms with Gasteiger partial charge in [0.2, 0.25) is 0 Å². The van der Waals surface area contributed by atoms with Crippen molar-refractivity contribution < 1.29 is 9.18 Å². The zero-order valence-corrected chi connectivity index (χ0v) is 8.46. The predicted octanol–water partition coefficient (Wildman–Crippen LogP) is 1.93. The molecule has 0 unspecified atom stereocenters. The molecule has 0 amide bonds. The highest BCUT2D eigenvalue weighted by atomic mass is 19.1. The minimum Gasteiger partial charge on any atom is -0.402 e. The third-order valence-electron chi connectivity index (χ3n) is 2.13. The number of hydrogen-bond acceptors (Lipinski definition) is 3. The summed E-state index contributed by atoms with van der Waals surface area (Å²) in [7, 11) is 0. The number of nitrogens with two attached hydrogens (primary N) is 2. The first-order chi connectivity index (χ1) is 7.10. The average Bonchev–Trinajstić information content (AvgIpc) is 2.24. The van der Waals surface area contributed by atoms with Crippen molar-refractivity contribution in [2.24, 2.45) is 5.73 Å². The zero-order valence-electron chi connectivity index (χ0n) is 8.46. The van der Waals surface area contributed by atoms with Crippen molar-refractivity contribution in [3.63, 3.8) is 0 Å². The minimum atomic E-state index is -0.477. The van der Waals surface area contributed by atoms with E-state index in [0.717, 1.165) is 0 Å². The Kier molecular flexibility index (Phi) is 3.44. The maximum absolute atomic E-state index is 13.4. The van der Waals surface area contributed by atoms with Gasteiger partial charge in [0.1, 0.15) is 5.82 Å². The number of nitrogen functional groups attached to an aromatic ring is 1. The Bertz CT molecular complexity index is 413. The smallest absolute Gasteiger partial charge is 0.152 e. The Labute approximate surface area is 87.6 Å². The fraction of sp³-hybridized carbons (Fsp3) is 0.182. The summed E-state index contributed by atoms with van der Waals surface area (Å²) in [6, 6.07) is 2.55. The molecule has 0 bridgehead atoms. The first-order valence-electron chi connectivity index (χ1n) is 4.59. The average molecular weight is 208 g/mol. The van der Waals surface area contributed by atoms with Crippen LogP contribution >= 0.6 is 0 Å². The Balaban J connectivity index is 3.33. The molecule has 3 nitrogen and oxygen atoms in total. The van der Waals surface area contributed by atoms with E-state index in [1.807, 2.05) is 6.92 Å². The first kappa shape index (κ1) is 11.2. The number of hydrogen-bond donors (Lipinski definition) is 2. The molecular weight excluding hydrogens is 195 g/mol. The van der Waals surface area contributed by atoms with E-state index in [9.17, 15) is 9.18 Å². The standard InChI is InChI=1S/C11H13FN2O/c1-2-8(13)5-9-10(12)4-3-7(6-15)11(9)14/h3-6H,2,13-14H2,1H3/b8-5-. The van der Waals surface area contributed by atoms with Gasteiger partial charge in [0, 0.05) is 16.8 Å². The van der Waals surface area contributed by atoms with Crippen molar-refractivity contribution in [1.82, 2.24) is 0 Å². The van der Waals surface area contributed by atoms with Crippen molar-refractivity contribution in [1.29, 1.82) is 0 Å². The highest BCUT2D eigenvalue weighted by Crippen LogP contribution is 2.22. The molecule has 0 aliphatic heterocycles. The molecule has 1 aromatic carbocycles. The van der Waals surface area contributed by atoms with E-state index >= 15 is 0 Å². The number of carbonyl (C=O) groups is 1. The van der Waals surface area contributed by atoms with Crippen molar-refractivity contribution in [3.05, 3.63) is 34.8 Å². The lowest BCUT2D eigenvalue weighted by Gasteiger charge is -2.06. The molecule has 0 radical (unpaired) electrons. The van der Waals surface area contributed by atoms with Crippen LogP contribution in [0.4, 0.5) is 10.1 Å². The summed E-state index contributed by atoms with van der Waals surface area (Å²) in [5.41, 5.74) is 12.3. The van der Waals surface area contributed by atoms with Crippen molar-refractivity contribution >= 4 is 18.0 Å². The highest BCUT2D eigenvalue weighted by molar-refractivity contribution is 5.87. The van der Waals surface area contributed by atoms with E-state index < -0.39 is 5.82 Å². The quantitative estimate of drug-likeness (QED) is 0.589. The topological polar surface area (TPSA) is 69.1 Å². The largest absolute Gasteiger partial charge is 0.402 e. The van der Waals surface area contributed by atoms with Crippen LogP contribution in [-0.4, -0.2) is 6.29 Å².